The van der Waals surface area contributed by atoms with Crippen LogP contribution in [0.5, 0.6) is 0 Å². The highest BCUT2D eigenvalue weighted by molar-refractivity contribution is 5.27. The van der Waals surface area contributed by atoms with Crippen LogP contribution in [0.4, 0.5) is 0 Å². The molecule has 54 valence electrons. The Labute approximate surface area is 61.2 Å². The molecule has 0 spiro atoms. The van der Waals surface area contributed by atoms with E-state index in [1.807, 2.05) is 30.1 Å². The Morgan fingerprint density at radius 3 is 2.60 bits per heavy atom. The topological polar surface area (TPSA) is 17.8 Å². The predicted molar refractivity (Wildman–Crippen MR) is 42.7 cm³/mol. The minimum absolute atomic E-state index is 1.21. The summed E-state index contributed by atoms with van der Waals surface area (Å²) in [5, 5.41) is 4.13. The third-order valence-corrected chi connectivity index (χ3v) is 1.58. The van der Waals surface area contributed by atoms with E-state index in [4.69, 9.17) is 0 Å². The van der Waals surface area contributed by atoms with Gasteiger partial charge in [0.25, 0.3) is 0 Å². The van der Waals surface area contributed by atoms with Crippen molar-refractivity contribution in [3.63, 3.8) is 0 Å². The van der Waals surface area contributed by atoms with Crippen LogP contribution in [0.15, 0.2) is 12.3 Å². The van der Waals surface area contributed by atoms with Gasteiger partial charge in [-0.25, -0.2) is 4.68 Å². The Kier molecular flexibility index (Phi) is 1.90. The van der Waals surface area contributed by atoms with Gasteiger partial charge in [0, 0.05) is 11.9 Å². The lowest BCUT2D eigenvalue weighted by atomic mass is 10.3. The van der Waals surface area contributed by atoms with Crippen LogP contribution in [-0.2, 0) is 0 Å². The molecule has 1 aromatic rings. The zero-order valence-electron chi connectivity index (χ0n) is 6.63. The van der Waals surface area contributed by atoms with E-state index in [1.165, 1.54) is 11.3 Å². The molecule has 0 aliphatic carbocycles. The number of aryl methyl sites for hydroxylation is 1. The van der Waals surface area contributed by atoms with Crippen LogP contribution in [0, 0.1) is 13.8 Å². The molecular formula is C8H12N2. The van der Waals surface area contributed by atoms with Crippen molar-refractivity contribution in [3.05, 3.63) is 23.5 Å². The maximum Gasteiger partial charge on any atom is 0.0525 e. The van der Waals surface area contributed by atoms with E-state index in [0.29, 0.717) is 0 Å². The lowest BCUT2D eigenvalue weighted by Crippen LogP contribution is -1.90. The highest BCUT2D eigenvalue weighted by Gasteiger charge is 1.96. The van der Waals surface area contributed by atoms with Gasteiger partial charge in [0.05, 0.1) is 6.20 Å². The van der Waals surface area contributed by atoms with E-state index in [2.05, 4.69) is 18.9 Å². The van der Waals surface area contributed by atoms with Gasteiger partial charge in [-0.05, 0) is 26.3 Å². The molecule has 0 atom stereocenters. The Morgan fingerprint density at radius 2 is 2.20 bits per heavy atom. The zero-order chi connectivity index (χ0) is 7.56. The van der Waals surface area contributed by atoms with Gasteiger partial charge < -0.3 is 0 Å². The maximum absolute atomic E-state index is 4.13. The van der Waals surface area contributed by atoms with Gasteiger partial charge in [-0.3, -0.25) is 0 Å². The second kappa shape index (κ2) is 2.69. The molecule has 1 rings (SSSR count). The summed E-state index contributed by atoms with van der Waals surface area (Å²) in [6.07, 6.45) is 5.79. The third-order valence-electron chi connectivity index (χ3n) is 1.58. The summed E-state index contributed by atoms with van der Waals surface area (Å²) < 4.78 is 1.87. The molecule has 0 saturated heterocycles. The molecular weight excluding hydrogens is 124 g/mol. The number of hydrogen-bond donors (Lipinski definition) is 0. The highest BCUT2D eigenvalue weighted by Crippen LogP contribution is 2.04. The molecule has 0 N–H and O–H groups in total. The van der Waals surface area contributed by atoms with Crippen molar-refractivity contribution in [1.29, 1.82) is 0 Å². The fraction of sp³-hybridized carbons (Fsp3) is 0.375. The SMILES string of the molecule is C/C=C/n1ncc(C)c1C. The smallest absolute Gasteiger partial charge is 0.0525 e. The number of allylic oxidation sites excluding steroid dienone is 1. The second-order valence-electron chi connectivity index (χ2n) is 2.34. The molecule has 1 aromatic heterocycles. The molecule has 0 aliphatic rings. The molecule has 0 bridgehead atoms. The van der Waals surface area contributed by atoms with Crippen LogP contribution in [-0.4, -0.2) is 9.78 Å². The lowest BCUT2D eigenvalue weighted by Gasteiger charge is -1.93. The van der Waals surface area contributed by atoms with Crippen LogP contribution >= 0.6 is 0 Å². The summed E-state index contributed by atoms with van der Waals surface area (Å²) in [5.41, 5.74) is 2.44. The number of hydrogen-bond acceptors (Lipinski definition) is 1. The van der Waals surface area contributed by atoms with Gasteiger partial charge in [-0.15, -0.1) is 0 Å². The van der Waals surface area contributed by atoms with Crippen LogP contribution in [0.3, 0.4) is 0 Å². The predicted octanol–water partition coefficient (Wildman–Crippen LogP) is 1.99. The largest absolute Gasteiger partial charge is 0.245 e. The van der Waals surface area contributed by atoms with E-state index in [0.717, 1.165) is 0 Å². The van der Waals surface area contributed by atoms with Gasteiger partial charge in [0.1, 0.15) is 0 Å². The van der Waals surface area contributed by atoms with Crippen molar-refractivity contribution in [2.45, 2.75) is 20.8 Å². The van der Waals surface area contributed by atoms with E-state index in [1.54, 1.807) is 0 Å². The molecule has 2 nitrogen and oxygen atoms in total. The molecule has 0 radical (unpaired) electrons. The fourth-order valence-corrected chi connectivity index (χ4v) is 0.801. The van der Waals surface area contributed by atoms with Gasteiger partial charge in [-0.1, -0.05) is 6.08 Å². The third kappa shape index (κ3) is 1.10. The van der Waals surface area contributed by atoms with Gasteiger partial charge >= 0.3 is 0 Å². The summed E-state index contributed by atoms with van der Waals surface area (Å²) in [4.78, 5) is 0. The van der Waals surface area contributed by atoms with Crippen LogP contribution in [0.25, 0.3) is 6.20 Å². The number of rotatable bonds is 1. The summed E-state index contributed by atoms with van der Waals surface area (Å²) in [6, 6.07) is 0. The van der Waals surface area contributed by atoms with E-state index in [9.17, 15) is 0 Å². The van der Waals surface area contributed by atoms with Crippen molar-refractivity contribution < 1.29 is 0 Å². The Morgan fingerprint density at radius 1 is 1.50 bits per heavy atom. The van der Waals surface area contributed by atoms with Crippen molar-refractivity contribution in [1.82, 2.24) is 9.78 Å². The molecule has 1 heterocycles. The Bertz CT molecular complexity index is 246. The minimum Gasteiger partial charge on any atom is -0.245 e. The first-order chi connectivity index (χ1) is 4.75. The first kappa shape index (κ1) is 7.06. The summed E-state index contributed by atoms with van der Waals surface area (Å²) in [6.45, 7) is 6.10. The van der Waals surface area contributed by atoms with Gasteiger partial charge in [-0.2, -0.15) is 5.10 Å². The lowest BCUT2D eigenvalue weighted by molar-refractivity contribution is 0.895. The maximum atomic E-state index is 4.13. The molecule has 0 saturated carbocycles. The first-order valence-electron chi connectivity index (χ1n) is 3.39. The van der Waals surface area contributed by atoms with Gasteiger partial charge in [0.2, 0.25) is 0 Å². The average Bonchev–Trinajstić information content (AvgIpc) is 2.20. The van der Waals surface area contributed by atoms with Crippen LogP contribution in [0.1, 0.15) is 18.2 Å². The first-order valence-corrected chi connectivity index (χ1v) is 3.39. The second-order valence-corrected chi connectivity index (χ2v) is 2.34. The van der Waals surface area contributed by atoms with Crippen LogP contribution in [0.2, 0.25) is 0 Å². The summed E-state index contributed by atoms with van der Waals surface area (Å²) >= 11 is 0. The number of nitrogens with zero attached hydrogens (tertiary/aromatic N) is 2. The van der Waals surface area contributed by atoms with Crippen molar-refractivity contribution in [2.75, 3.05) is 0 Å². The fourth-order valence-electron chi connectivity index (χ4n) is 0.801. The molecule has 0 unspecified atom stereocenters. The van der Waals surface area contributed by atoms with Crippen LogP contribution < -0.4 is 0 Å². The van der Waals surface area contributed by atoms with Crippen molar-refractivity contribution in [2.24, 2.45) is 0 Å². The standard InChI is InChI=1S/C8H12N2/c1-4-5-10-8(3)7(2)6-9-10/h4-6H,1-3H3/b5-4+. The monoisotopic (exact) mass is 136 g/mol. The van der Waals surface area contributed by atoms with E-state index >= 15 is 0 Å². The van der Waals surface area contributed by atoms with Crippen molar-refractivity contribution in [3.8, 4) is 0 Å². The van der Waals surface area contributed by atoms with E-state index in [-0.39, 0.29) is 0 Å². The summed E-state index contributed by atoms with van der Waals surface area (Å²) in [5.74, 6) is 0. The molecule has 10 heavy (non-hydrogen) atoms. The molecule has 0 aromatic carbocycles. The van der Waals surface area contributed by atoms with E-state index < -0.39 is 0 Å². The molecule has 0 fully saturated rings. The Balaban J connectivity index is 3.05. The molecule has 0 amide bonds. The average molecular weight is 136 g/mol. The molecule has 0 aliphatic heterocycles. The number of aromatic nitrogens is 2. The minimum atomic E-state index is 1.21. The molecule has 2 heteroatoms. The zero-order valence-corrected chi connectivity index (χ0v) is 6.63. The summed E-state index contributed by atoms with van der Waals surface area (Å²) in [7, 11) is 0. The highest BCUT2D eigenvalue weighted by atomic mass is 15.3. The van der Waals surface area contributed by atoms with Crippen molar-refractivity contribution >= 4 is 6.20 Å². The Hall–Kier alpha value is -1.05. The normalized spacial score (nSPS) is 11.1. The quantitative estimate of drug-likeness (QED) is 0.577. The van der Waals surface area contributed by atoms with Gasteiger partial charge in [0.15, 0.2) is 0 Å².